The highest BCUT2D eigenvalue weighted by molar-refractivity contribution is 6.00. The average molecular weight is 554 g/mol. The number of benzene rings is 2. The van der Waals surface area contributed by atoms with Crippen LogP contribution in [0.4, 0.5) is 21.8 Å². The summed E-state index contributed by atoms with van der Waals surface area (Å²) in [7, 11) is 2.21. The number of nitrogens with zero attached hydrogens (tertiary/aromatic N) is 6. The first kappa shape index (κ1) is 25.9. The molecule has 10 heteroatoms. The first-order valence-electron chi connectivity index (χ1n) is 14.5. The van der Waals surface area contributed by atoms with Crippen LogP contribution in [-0.4, -0.2) is 73.6 Å². The molecular weight excluding hydrogens is 517 g/mol. The van der Waals surface area contributed by atoms with Crippen molar-refractivity contribution in [1.82, 2.24) is 34.3 Å². The van der Waals surface area contributed by atoms with Gasteiger partial charge in [0.25, 0.3) is 0 Å². The van der Waals surface area contributed by atoms with Gasteiger partial charge in [0.1, 0.15) is 23.6 Å². The number of fused-ring (bicyclic) bond motifs is 2. The number of anilines is 3. The van der Waals surface area contributed by atoms with Gasteiger partial charge in [0.05, 0.1) is 16.4 Å². The Morgan fingerprint density at radius 3 is 2.46 bits per heavy atom. The molecule has 3 aromatic heterocycles. The van der Waals surface area contributed by atoms with Crippen molar-refractivity contribution in [2.24, 2.45) is 0 Å². The summed E-state index contributed by atoms with van der Waals surface area (Å²) in [5, 5.41) is 4.21. The summed E-state index contributed by atoms with van der Waals surface area (Å²) >= 11 is 0. The van der Waals surface area contributed by atoms with Gasteiger partial charge in [-0.3, -0.25) is 4.90 Å². The van der Waals surface area contributed by atoms with E-state index in [0.29, 0.717) is 29.4 Å². The second-order valence-electron chi connectivity index (χ2n) is 11.6. The molecule has 1 saturated heterocycles. The molecule has 4 N–H and O–H groups in total. The summed E-state index contributed by atoms with van der Waals surface area (Å²) in [4.78, 5) is 21.9. The number of aromatic amines is 1. The van der Waals surface area contributed by atoms with E-state index in [-0.39, 0.29) is 5.82 Å². The minimum atomic E-state index is -0.278. The highest BCUT2D eigenvalue weighted by Gasteiger charge is 2.30. The maximum atomic E-state index is 13.8. The third-order valence-electron chi connectivity index (χ3n) is 8.95. The van der Waals surface area contributed by atoms with Gasteiger partial charge in [0.2, 0.25) is 5.95 Å². The topological polar surface area (TPSA) is 104 Å². The number of nitrogens with one attached hydrogen (secondary N) is 2. The molecule has 2 fully saturated rings. The summed E-state index contributed by atoms with van der Waals surface area (Å²) in [6.07, 6.45) is 8.47. The van der Waals surface area contributed by atoms with Crippen molar-refractivity contribution in [2.75, 3.05) is 44.3 Å². The molecule has 1 aliphatic carbocycles. The van der Waals surface area contributed by atoms with Crippen molar-refractivity contribution < 1.29 is 4.39 Å². The smallest absolute Gasteiger partial charge is 0.205 e. The molecule has 4 heterocycles. The van der Waals surface area contributed by atoms with Gasteiger partial charge < -0.3 is 25.5 Å². The number of aryl methyl sites for hydroxylation is 1. The average Bonchev–Trinajstić information content (AvgIpc) is 3.56. The molecule has 0 unspecified atom stereocenters. The molecule has 0 bridgehead atoms. The van der Waals surface area contributed by atoms with Crippen LogP contribution in [0.5, 0.6) is 0 Å². The zero-order valence-corrected chi connectivity index (χ0v) is 23.6. The van der Waals surface area contributed by atoms with Gasteiger partial charge in [0, 0.05) is 55.7 Å². The van der Waals surface area contributed by atoms with E-state index in [1.165, 1.54) is 38.1 Å². The number of hydrogen-bond donors (Lipinski definition) is 3. The van der Waals surface area contributed by atoms with Crippen LogP contribution in [0, 0.1) is 12.7 Å². The lowest BCUT2D eigenvalue weighted by Crippen LogP contribution is -2.49. The predicted molar refractivity (Wildman–Crippen MR) is 162 cm³/mol. The summed E-state index contributed by atoms with van der Waals surface area (Å²) < 4.78 is 16.2. The van der Waals surface area contributed by atoms with Gasteiger partial charge in [-0.2, -0.15) is 0 Å². The van der Waals surface area contributed by atoms with Crippen molar-refractivity contribution >= 4 is 39.5 Å². The number of likely N-dealkylation sites (N-methyl/N-ethyl adjacent to an activating group) is 1. The van der Waals surface area contributed by atoms with Crippen LogP contribution in [-0.2, 0) is 0 Å². The molecule has 0 atom stereocenters. The number of halogens is 1. The zero-order chi connectivity index (χ0) is 28.1. The highest BCUT2D eigenvalue weighted by atomic mass is 19.1. The number of H-pyrrole nitrogens is 1. The maximum absolute atomic E-state index is 13.8. The second-order valence-corrected chi connectivity index (χ2v) is 11.6. The monoisotopic (exact) mass is 553 g/mol. The Kier molecular flexibility index (Phi) is 6.59. The zero-order valence-electron chi connectivity index (χ0n) is 23.6. The van der Waals surface area contributed by atoms with E-state index in [2.05, 4.69) is 60.0 Å². The van der Waals surface area contributed by atoms with Crippen LogP contribution in [0.25, 0.3) is 33.2 Å². The molecule has 1 aliphatic heterocycles. The number of aromatic nitrogens is 5. The van der Waals surface area contributed by atoms with E-state index < -0.39 is 0 Å². The Labute approximate surface area is 238 Å². The van der Waals surface area contributed by atoms with Crippen LogP contribution in [0.2, 0.25) is 0 Å². The van der Waals surface area contributed by atoms with E-state index in [0.717, 1.165) is 64.9 Å². The Bertz CT molecular complexity index is 1690. The van der Waals surface area contributed by atoms with Gasteiger partial charge in [0.15, 0.2) is 0 Å². The van der Waals surface area contributed by atoms with Crippen LogP contribution < -0.4 is 11.1 Å². The van der Waals surface area contributed by atoms with Crippen molar-refractivity contribution in [3.63, 3.8) is 0 Å². The molecule has 0 spiro atoms. The lowest BCUT2D eigenvalue weighted by Gasteiger charge is -2.41. The molecule has 0 amide bonds. The molecular formula is C31H36FN9. The SMILES string of the molecule is Cc1cc(F)cc2[nH]c(Nc3ccc(-c4cn(C5CCC(N6CCN(C)CC6)CC5)c5ncnc(N)c45)cc3)nc12. The Morgan fingerprint density at radius 2 is 1.71 bits per heavy atom. The van der Waals surface area contributed by atoms with Gasteiger partial charge >= 0.3 is 0 Å². The summed E-state index contributed by atoms with van der Waals surface area (Å²) in [5.74, 6) is 0.796. The molecule has 1 saturated carbocycles. The summed E-state index contributed by atoms with van der Waals surface area (Å²) in [5.41, 5.74) is 12.5. The van der Waals surface area contributed by atoms with Crippen LogP contribution in [0.3, 0.4) is 0 Å². The van der Waals surface area contributed by atoms with E-state index >= 15 is 0 Å². The van der Waals surface area contributed by atoms with Crippen LogP contribution >= 0.6 is 0 Å². The predicted octanol–water partition coefficient (Wildman–Crippen LogP) is 5.48. The Balaban J connectivity index is 1.12. The van der Waals surface area contributed by atoms with Gasteiger partial charge in [-0.15, -0.1) is 0 Å². The molecule has 212 valence electrons. The molecule has 7 rings (SSSR count). The number of nitrogens with two attached hydrogens (primary N) is 1. The normalized spacial score (nSPS) is 20.7. The molecule has 41 heavy (non-hydrogen) atoms. The number of nitrogen functional groups attached to an aromatic ring is 1. The third kappa shape index (κ3) is 4.91. The van der Waals surface area contributed by atoms with Crippen molar-refractivity contribution in [1.29, 1.82) is 0 Å². The lowest BCUT2D eigenvalue weighted by molar-refractivity contribution is 0.0828. The molecule has 2 aromatic carbocycles. The number of piperazine rings is 1. The summed E-state index contributed by atoms with van der Waals surface area (Å²) in [6, 6.07) is 12.2. The molecule has 2 aliphatic rings. The second kappa shape index (κ2) is 10.4. The third-order valence-corrected chi connectivity index (χ3v) is 8.95. The van der Waals surface area contributed by atoms with E-state index in [4.69, 9.17) is 10.7 Å². The Hall–Kier alpha value is -4.02. The fraction of sp³-hybridized carbons (Fsp3) is 0.387. The standard InChI is InChI=1S/C31H36FN9/c1-19-15-21(32)16-26-28(19)38-31(37-26)36-22-5-3-20(4-6-22)25-17-41(30-27(25)29(33)34-18-35-30)24-9-7-23(8-10-24)40-13-11-39(2)12-14-40/h3-6,15-18,23-24H,7-14H2,1-2H3,(H2,33,34,35)(H2,36,37,38). The quantitative estimate of drug-likeness (QED) is 0.265. The lowest BCUT2D eigenvalue weighted by atomic mass is 9.89. The fourth-order valence-electron chi connectivity index (χ4n) is 6.67. The van der Waals surface area contributed by atoms with E-state index in [9.17, 15) is 4.39 Å². The first-order valence-corrected chi connectivity index (χ1v) is 14.5. The molecule has 0 radical (unpaired) electrons. The summed E-state index contributed by atoms with van der Waals surface area (Å²) in [6.45, 7) is 6.52. The number of imidazole rings is 1. The minimum absolute atomic E-state index is 0.278. The number of hydrogen-bond acceptors (Lipinski definition) is 7. The largest absolute Gasteiger partial charge is 0.383 e. The Morgan fingerprint density at radius 1 is 0.976 bits per heavy atom. The van der Waals surface area contributed by atoms with E-state index in [1.54, 1.807) is 6.33 Å². The maximum Gasteiger partial charge on any atom is 0.205 e. The van der Waals surface area contributed by atoms with Crippen molar-refractivity contribution in [3.8, 4) is 11.1 Å². The van der Waals surface area contributed by atoms with Gasteiger partial charge in [-0.05, 0) is 75.0 Å². The first-order chi connectivity index (χ1) is 19.9. The van der Waals surface area contributed by atoms with Crippen molar-refractivity contribution in [2.45, 2.75) is 44.7 Å². The molecule has 5 aromatic rings. The fourth-order valence-corrected chi connectivity index (χ4v) is 6.67. The molecule has 9 nitrogen and oxygen atoms in total. The van der Waals surface area contributed by atoms with Gasteiger partial charge in [-0.25, -0.2) is 19.3 Å². The number of rotatable bonds is 5. The van der Waals surface area contributed by atoms with Crippen LogP contribution in [0.15, 0.2) is 48.9 Å². The van der Waals surface area contributed by atoms with Crippen LogP contribution in [0.1, 0.15) is 37.3 Å². The van der Waals surface area contributed by atoms with Crippen molar-refractivity contribution in [3.05, 3.63) is 60.3 Å². The minimum Gasteiger partial charge on any atom is -0.383 e. The van der Waals surface area contributed by atoms with E-state index in [1.807, 2.05) is 19.1 Å². The van der Waals surface area contributed by atoms with Gasteiger partial charge in [-0.1, -0.05) is 12.1 Å². The highest BCUT2D eigenvalue weighted by Crippen LogP contribution is 2.39.